The average molecular weight is 284 g/mol. The monoisotopic (exact) mass is 284 g/mol. The molecule has 1 atom stereocenters. The van der Waals surface area contributed by atoms with Crippen LogP contribution in [0.15, 0.2) is 48.1 Å². The number of carbonyl (C=O) groups excluding carboxylic acids is 1. The van der Waals surface area contributed by atoms with Crippen molar-refractivity contribution in [2.75, 3.05) is 32.0 Å². The fourth-order valence-electron chi connectivity index (χ4n) is 2.78. The van der Waals surface area contributed by atoms with Crippen molar-refractivity contribution in [2.24, 2.45) is 0 Å². The smallest absolute Gasteiger partial charge is 0.249 e. The van der Waals surface area contributed by atoms with Crippen LogP contribution in [0.4, 0.5) is 5.69 Å². The molecular formula is C17H20N2O2. The molecule has 4 heteroatoms. The van der Waals surface area contributed by atoms with Gasteiger partial charge in [0.05, 0.1) is 13.2 Å². The van der Waals surface area contributed by atoms with Crippen LogP contribution in [-0.2, 0) is 9.53 Å². The van der Waals surface area contributed by atoms with Crippen molar-refractivity contribution in [1.82, 2.24) is 4.90 Å². The summed E-state index contributed by atoms with van der Waals surface area (Å²) in [5.41, 5.74) is 8.56. The van der Waals surface area contributed by atoms with Crippen molar-refractivity contribution in [3.63, 3.8) is 0 Å². The van der Waals surface area contributed by atoms with Gasteiger partial charge >= 0.3 is 0 Å². The van der Waals surface area contributed by atoms with E-state index in [1.165, 1.54) is 5.56 Å². The van der Waals surface area contributed by atoms with Gasteiger partial charge in [0.1, 0.15) is 0 Å². The first-order valence-electron chi connectivity index (χ1n) is 7.34. The van der Waals surface area contributed by atoms with Crippen LogP contribution in [0.2, 0.25) is 0 Å². The molecule has 1 amide bonds. The van der Waals surface area contributed by atoms with Gasteiger partial charge in [-0.3, -0.25) is 4.79 Å². The Morgan fingerprint density at radius 2 is 1.90 bits per heavy atom. The Morgan fingerprint density at radius 3 is 2.62 bits per heavy atom. The summed E-state index contributed by atoms with van der Waals surface area (Å²) in [6.45, 7) is 2.64. The van der Waals surface area contributed by atoms with Crippen LogP contribution in [-0.4, -0.2) is 37.1 Å². The Balaban J connectivity index is 1.70. The molecule has 2 aliphatic rings. The highest BCUT2D eigenvalue weighted by atomic mass is 16.5. The largest absolute Gasteiger partial charge is 0.399 e. The second kappa shape index (κ2) is 6.14. The van der Waals surface area contributed by atoms with Gasteiger partial charge < -0.3 is 15.4 Å². The molecule has 3 rings (SSSR count). The SMILES string of the molecule is Nc1ccc(C2C=CC=C(C(=O)N3CCOCC3)C2)cc1. The first kappa shape index (κ1) is 13.9. The van der Waals surface area contributed by atoms with Crippen LogP contribution in [0, 0.1) is 0 Å². The summed E-state index contributed by atoms with van der Waals surface area (Å²) in [5, 5.41) is 0. The third-order valence-electron chi connectivity index (χ3n) is 4.02. The summed E-state index contributed by atoms with van der Waals surface area (Å²) in [6, 6.07) is 7.88. The molecular weight excluding hydrogens is 264 g/mol. The van der Waals surface area contributed by atoms with Crippen LogP contribution in [0.5, 0.6) is 0 Å². The lowest BCUT2D eigenvalue weighted by atomic mass is 9.87. The molecule has 1 aromatic rings. The van der Waals surface area contributed by atoms with Gasteiger partial charge in [-0.1, -0.05) is 30.4 Å². The fraction of sp³-hybridized carbons (Fsp3) is 0.353. The lowest BCUT2D eigenvalue weighted by molar-refractivity contribution is -0.131. The maximum absolute atomic E-state index is 12.5. The van der Waals surface area contributed by atoms with Gasteiger partial charge in [-0.05, 0) is 24.1 Å². The average Bonchev–Trinajstić information content (AvgIpc) is 2.56. The predicted molar refractivity (Wildman–Crippen MR) is 82.8 cm³/mol. The molecule has 0 aromatic heterocycles. The Labute approximate surface area is 124 Å². The molecule has 110 valence electrons. The third-order valence-corrected chi connectivity index (χ3v) is 4.02. The lowest BCUT2D eigenvalue weighted by Gasteiger charge is -2.29. The summed E-state index contributed by atoms with van der Waals surface area (Å²) >= 11 is 0. The maximum atomic E-state index is 12.5. The van der Waals surface area contributed by atoms with E-state index in [0.717, 1.165) is 17.7 Å². The summed E-state index contributed by atoms with van der Waals surface area (Å²) in [6.07, 6.45) is 6.81. The molecule has 0 bridgehead atoms. The molecule has 0 saturated carbocycles. The van der Waals surface area contributed by atoms with Crippen molar-refractivity contribution in [3.8, 4) is 0 Å². The number of benzene rings is 1. The minimum Gasteiger partial charge on any atom is -0.399 e. The van der Waals surface area contributed by atoms with E-state index >= 15 is 0 Å². The van der Waals surface area contributed by atoms with Crippen LogP contribution in [0.1, 0.15) is 17.9 Å². The summed E-state index contributed by atoms with van der Waals surface area (Å²) < 4.78 is 5.30. The molecule has 21 heavy (non-hydrogen) atoms. The highest BCUT2D eigenvalue weighted by molar-refractivity contribution is 5.94. The number of amides is 1. The zero-order valence-electron chi connectivity index (χ0n) is 12.0. The van der Waals surface area contributed by atoms with Crippen molar-refractivity contribution < 1.29 is 9.53 Å². The van der Waals surface area contributed by atoms with Crippen LogP contribution in [0.25, 0.3) is 0 Å². The van der Waals surface area contributed by atoms with Crippen LogP contribution < -0.4 is 5.73 Å². The minimum atomic E-state index is 0.142. The zero-order chi connectivity index (χ0) is 14.7. The summed E-state index contributed by atoms with van der Waals surface area (Å²) in [5.74, 6) is 0.388. The quantitative estimate of drug-likeness (QED) is 0.846. The molecule has 4 nitrogen and oxygen atoms in total. The Hall–Kier alpha value is -2.07. The van der Waals surface area contributed by atoms with E-state index in [2.05, 4.69) is 6.08 Å². The van der Waals surface area contributed by atoms with E-state index in [4.69, 9.17) is 10.5 Å². The van der Waals surface area contributed by atoms with E-state index in [-0.39, 0.29) is 11.8 Å². The number of hydrogen-bond donors (Lipinski definition) is 1. The van der Waals surface area contributed by atoms with Crippen molar-refractivity contribution >= 4 is 11.6 Å². The van der Waals surface area contributed by atoms with E-state index in [0.29, 0.717) is 26.3 Å². The molecule has 0 spiro atoms. The highest BCUT2D eigenvalue weighted by Gasteiger charge is 2.24. The van der Waals surface area contributed by atoms with Crippen molar-refractivity contribution in [2.45, 2.75) is 12.3 Å². The Kier molecular flexibility index (Phi) is 4.06. The summed E-state index contributed by atoms with van der Waals surface area (Å²) in [4.78, 5) is 14.4. The maximum Gasteiger partial charge on any atom is 0.249 e. The van der Waals surface area contributed by atoms with Crippen LogP contribution in [0.3, 0.4) is 0 Å². The number of allylic oxidation sites excluding steroid dienone is 3. The van der Waals surface area contributed by atoms with Gasteiger partial charge in [0, 0.05) is 30.3 Å². The first-order valence-corrected chi connectivity index (χ1v) is 7.34. The minimum absolute atomic E-state index is 0.142. The van der Waals surface area contributed by atoms with Gasteiger partial charge in [-0.25, -0.2) is 0 Å². The van der Waals surface area contributed by atoms with Gasteiger partial charge in [0.25, 0.3) is 0 Å². The number of rotatable bonds is 2. The number of hydrogen-bond acceptors (Lipinski definition) is 3. The van der Waals surface area contributed by atoms with Gasteiger partial charge in [-0.15, -0.1) is 0 Å². The molecule has 1 fully saturated rings. The molecule has 1 aliphatic carbocycles. The number of nitrogens with zero attached hydrogens (tertiary/aromatic N) is 1. The number of morpholine rings is 1. The van der Waals surface area contributed by atoms with E-state index < -0.39 is 0 Å². The third kappa shape index (κ3) is 3.16. The molecule has 0 radical (unpaired) electrons. The number of nitrogens with two attached hydrogens (primary N) is 1. The number of anilines is 1. The lowest BCUT2D eigenvalue weighted by Crippen LogP contribution is -2.41. The first-order chi connectivity index (χ1) is 10.2. The number of carbonyl (C=O) groups is 1. The topological polar surface area (TPSA) is 55.6 Å². The fourth-order valence-corrected chi connectivity index (χ4v) is 2.78. The normalized spacial score (nSPS) is 22.0. The second-order valence-corrected chi connectivity index (χ2v) is 5.46. The van der Waals surface area contributed by atoms with E-state index in [9.17, 15) is 4.79 Å². The predicted octanol–water partition coefficient (Wildman–Crippen LogP) is 2.10. The molecule has 1 saturated heterocycles. The summed E-state index contributed by atoms with van der Waals surface area (Å²) in [7, 11) is 0. The van der Waals surface area contributed by atoms with Gasteiger partial charge in [-0.2, -0.15) is 0 Å². The highest BCUT2D eigenvalue weighted by Crippen LogP contribution is 2.30. The van der Waals surface area contributed by atoms with Gasteiger partial charge in [0.2, 0.25) is 5.91 Å². The Bertz CT molecular complexity index is 569. The van der Waals surface area contributed by atoms with Crippen LogP contribution >= 0.6 is 0 Å². The zero-order valence-corrected chi connectivity index (χ0v) is 12.0. The van der Waals surface area contributed by atoms with Gasteiger partial charge in [0.15, 0.2) is 0 Å². The number of ether oxygens (including phenoxy) is 1. The standard InChI is InChI=1S/C17H20N2O2/c18-16-6-4-13(5-7-16)14-2-1-3-15(12-14)17(20)19-8-10-21-11-9-19/h1-7,14H,8-12,18H2. The van der Waals surface area contributed by atoms with E-state index in [1.54, 1.807) is 0 Å². The Morgan fingerprint density at radius 1 is 1.19 bits per heavy atom. The molecule has 1 heterocycles. The van der Waals surface area contributed by atoms with E-state index in [1.807, 2.05) is 41.3 Å². The van der Waals surface area contributed by atoms with Crippen molar-refractivity contribution in [3.05, 3.63) is 53.6 Å². The molecule has 1 unspecified atom stereocenters. The van der Waals surface area contributed by atoms with Crippen molar-refractivity contribution in [1.29, 1.82) is 0 Å². The number of nitrogen functional groups attached to an aromatic ring is 1. The molecule has 2 N–H and O–H groups in total. The second-order valence-electron chi connectivity index (χ2n) is 5.46. The molecule has 1 aromatic carbocycles. The molecule has 1 aliphatic heterocycles.